The summed E-state index contributed by atoms with van der Waals surface area (Å²) in [6, 6.07) is 6.36. The Morgan fingerprint density at radius 3 is 2.56 bits per heavy atom. The lowest BCUT2D eigenvalue weighted by atomic mass is 9.84. The Morgan fingerprint density at radius 2 is 2.06 bits per heavy atom. The topological polar surface area (TPSA) is 21.3 Å². The van der Waals surface area contributed by atoms with Crippen LogP contribution in [0.5, 0.6) is 5.75 Å². The lowest BCUT2D eigenvalue weighted by Gasteiger charge is -2.26. The van der Waals surface area contributed by atoms with Crippen LogP contribution >= 0.6 is 12.6 Å². The zero-order chi connectivity index (χ0) is 12.2. The van der Waals surface area contributed by atoms with Gasteiger partial charge in [-0.1, -0.05) is 26.0 Å². The average Bonchev–Trinajstić information content (AvgIpc) is 2.26. The van der Waals surface area contributed by atoms with E-state index in [1.54, 1.807) is 7.11 Å². The summed E-state index contributed by atoms with van der Waals surface area (Å²) in [6.07, 6.45) is 0. The fourth-order valence-electron chi connectivity index (χ4n) is 1.77. The molecule has 0 fully saturated rings. The second-order valence-corrected chi connectivity index (χ2v) is 4.97. The van der Waals surface area contributed by atoms with Gasteiger partial charge in [-0.2, -0.15) is 12.6 Å². The summed E-state index contributed by atoms with van der Waals surface area (Å²) in [5.74, 6) is 1.65. The molecule has 0 spiro atoms. The number of nitrogens with one attached hydrogen (secondary N) is 1. The van der Waals surface area contributed by atoms with Crippen LogP contribution in [0.2, 0.25) is 0 Å². The molecule has 0 heterocycles. The highest BCUT2D eigenvalue weighted by Gasteiger charge is 2.20. The summed E-state index contributed by atoms with van der Waals surface area (Å²) >= 11 is 4.17. The summed E-state index contributed by atoms with van der Waals surface area (Å²) in [7, 11) is 1.70. The molecule has 2 nitrogen and oxygen atoms in total. The molecule has 1 N–H and O–H groups in total. The number of hydrogen-bond donors (Lipinski definition) is 2. The van der Waals surface area contributed by atoms with Gasteiger partial charge in [0.25, 0.3) is 0 Å². The molecule has 3 heteroatoms. The van der Waals surface area contributed by atoms with E-state index in [0.29, 0.717) is 5.88 Å². The molecule has 1 aromatic carbocycles. The van der Waals surface area contributed by atoms with Crippen molar-refractivity contribution < 1.29 is 4.74 Å². The number of hydrogen-bond acceptors (Lipinski definition) is 3. The van der Waals surface area contributed by atoms with Crippen LogP contribution < -0.4 is 10.1 Å². The predicted molar refractivity (Wildman–Crippen MR) is 72.6 cm³/mol. The van der Waals surface area contributed by atoms with E-state index in [1.165, 1.54) is 11.1 Å². The highest BCUT2D eigenvalue weighted by atomic mass is 32.1. The number of aryl methyl sites for hydroxylation is 1. The Labute approximate surface area is 104 Å². The maximum Gasteiger partial charge on any atom is 0.121 e. The van der Waals surface area contributed by atoms with E-state index in [9.17, 15) is 0 Å². The monoisotopic (exact) mass is 239 g/mol. The highest BCUT2D eigenvalue weighted by Crippen LogP contribution is 2.27. The highest BCUT2D eigenvalue weighted by molar-refractivity contribution is 7.80. The number of thiol groups is 1. The van der Waals surface area contributed by atoms with Gasteiger partial charge in [0.05, 0.1) is 7.11 Å². The van der Waals surface area contributed by atoms with Crippen molar-refractivity contribution in [3.63, 3.8) is 0 Å². The molecular formula is C13H21NOS. The third-order valence-corrected chi connectivity index (χ3v) is 3.08. The minimum Gasteiger partial charge on any atom is -0.496 e. The van der Waals surface area contributed by atoms with E-state index in [2.05, 4.69) is 50.8 Å². The smallest absolute Gasteiger partial charge is 0.121 e. The lowest BCUT2D eigenvalue weighted by Crippen LogP contribution is -2.32. The quantitative estimate of drug-likeness (QED) is 0.609. The van der Waals surface area contributed by atoms with Gasteiger partial charge < -0.3 is 10.1 Å². The molecule has 0 aliphatic heterocycles. The van der Waals surface area contributed by atoms with Gasteiger partial charge in [0, 0.05) is 17.8 Å². The fourth-order valence-corrected chi connectivity index (χ4v) is 1.88. The van der Waals surface area contributed by atoms with Crippen molar-refractivity contribution in [1.29, 1.82) is 0 Å². The standard InChI is InChI=1S/C13H21NOS/c1-10-7-11(5-6-12(10)15-4)13(2,3)8-14-9-16/h5-7,14,16H,8-9H2,1-4H3. The maximum atomic E-state index is 5.27. The van der Waals surface area contributed by atoms with E-state index in [0.717, 1.165) is 12.3 Å². The maximum absolute atomic E-state index is 5.27. The molecule has 1 rings (SSSR count). The largest absolute Gasteiger partial charge is 0.496 e. The molecule has 1 aromatic rings. The minimum absolute atomic E-state index is 0.111. The Kier molecular flexibility index (Phi) is 4.69. The normalized spacial score (nSPS) is 11.6. The third-order valence-electron chi connectivity index (χ3n) is 2.86. The number of benzene rings is 1. The minimum atomic E-state index is 0.111. The summed E-state index contributed by atoms with van der Waals surface area (Å²) in [5, 5.41) is 3.27. The number of methoxy groups -OCH3 is 1. The van der Waals surface area contributed by atoms with Gasteiger partial charge in [-0.15, -0.1) is 0 Å². The van der Waals surface area contributed by atoms with E-state index >= 15 is 0 Å². The second-order valence-electron chi connectivity index (χ2n) is 4.65. The average molecular weight is 239 g/mol. The second kappa shape index (κ2) is 5.60. The van der Waals surface area contributed by atoms with Gasteiger partial charge >= 0.3 is 0 Å². The molecule has 0 atom stereocenters. The van der Waals surface area contributed by atoms with Gasteiger partial charge in [0.15, 0.2) is 0 Å². The first-order chi connectivity index (χ1) is 7.51. The van der Waals surface area contributed by atoms with E-state index in [-0.39, 0.29) is 5.41 Å². The van der Waals surface area contributed by atoms with Crippen LogP contribution in [0.4, 0.5) is 0 Å². The van der Waals surface area contributed by atoms with Gasteiger partial charge in [-0.25, -0.2) is 0 Å². The van der Waals surface area contributed by atoms with Gasteiger partial charge in [-0.05, 0) is 24.1 Å². The first-order valence-electron chi connectivity index (χ1n) is 5.48. The summed E-state index contributed by atoms with van der Waals surface area (Å²) in [4.78, 5) is 0. The Bertz CT molecular complexity index is 350. The summed E-state index contributed by atoms with van der Waals surface area (Å²) in [6.45, 7) is 7.45. The molecule has 0 radical (unpaired) electrons. The van der Waals surface area contributed by atoms with Crippen LogP contribution in [0.15, 0.2) is 18.2 Å². The van der Waals surface area contributed by atoms with Crippen LogP contribution in [0, 0.1) is 6.92 Å². The molecule has 0 unspecified atom stereocenters. The van der Waals surface area contributed by atoms with Crippen LogP contribution in [0.1, 0.15) is 25.0 Å². The SMILES string of the molecule is COc1ccc(C(C)(C)CNCS)cc1C. The van der Waals surface area contributed by atoms with E-state index in [4.69, 9.17) is 4.74 Å². The number of ether oxygens (including phenoxy) is 1. The van der Waals surface area contributed by atoms with Crippen LogP contribution in [-0.2, 0) is 5.41 Å². The van der Waals surface area contributed by atoms with Gasteiger partial charge in [-0.3, -0.25) is 0 Å². The lowest BCUT2D eigenvalue weighted by molar-refractivity contribution is 0.410. The van der Waals surface area contributed by atoms with Crippen LogP contribution in [-0.4, -0.2) is 19.5 Å². The van der Waals surface area contributed by atoms with Crippen LogP contribution in [0.3, 0.4) is 0 Å². The molecule has 0 saturated heterocycles. The van der Waals surface area contributed by atoms with Crippen molar-refractivity contribution in [2.75, 3.05) is 19.5 Å². The molecule has 0 aromatic heterocycles. The third kappa shape index (κ3) is 3.16. The molecule has 90 valence electrons. The molecule has 0 saturated carbocycles. The Balaban J connectivity index is 2.91. The zero-order valence-electron chi connectivity index (χ0n) is 10.5. The Morgan fingerprint density at radius 1 is 1.38 bits per heavy atom. The first-order valence-corrected chi connectivity index (χ1v) is 6.11. The van der Waals surface area contributed by atoms with Crippen molar-refractivity contribution in [2.45, 2.75) is 26.2 Å². The number of rotatable bonds is 5. The molecule has 0 bridgehead atoms. The Hall–Kier alpha value is -0.670. The van der Waals surface area contributed by atoms with E-state index in [1.807, 2.05) is 6.07 Å². The molecule has 16 heavy (non-hydrogen) atoms. The van der Waals surface area contributed by atoms with Crippen molar-refractivity contribution in [3.8, 4) is 5.75 Å². The van der Waals surface area contributed by atoms with Gasteiger partial charge in [0.1, 0.15) is 5.75 Å². The molecular weight excluding hydrogens is 218 g/mol. The fraction of sp³-hybridized carbons (Fsp3) is 0.538. The summed E-state index contributed by atoms with van der Waals surface area (Å²) in [5.41, 5.74) is 2.61. The van der Waals surface area contributed by atoms with Crippen molar-refractivity contribution in [1.82, 2.24) is 5.32 Å². The van der Waals surface area contributed by atoms with Gasteiger partial charge in [0.2, 0.25) is 0 Å². The predicted octanol–water partition coefficient (Wildman–Crippen LogP) is 2.76. The van der Waals surface area contributed by atoms with Crippen LogP contribution in [0.25, 0.3) is 0 Å². The van der Waals surface area contributed by atoms with Crippen molar-refractivity contribution in [2.24, 2.45) is 0 Å². The van der Waals surface area contributed by atoms with E-state index < -0.39 is 0 Å². The molecule has 0 aliphatic rings. The zero-order valence-corrected chi connectivity index (χ0v) is 11.4. The first kappa shape index (κ1) is 13.4. The van der Waals surface area contributed by atoms with Crippen molar-refractivity contribution >= 4 is 12.6 Å². The summed E-state index contributed by atoms with van der Waals surface area (Å²) < 4.78 is 5.27. The molecule has 0 amide bonds. The van der Waals surface area contributed by atoms with Crippen molar-refractivity contribution in [3.05, 3.63) is 29.3 Å². The molecule has 0 aliphatic carbocycles.